The number of benzene rings is 1. The molecule has 0 aliphatic heterocycles. The van der Waals surface area contributed by atoms with Crippen molar-refractivity contribution in [3.63, 3.8) is 0 Å². The van der Waals surface area contributed by atoms with E-state index < -0.39 is 25.0 Å². The van der Waals surface area contributed by atoms with E-state index >= 15 is 0 Å². The molecule has 7 heteroatoms. The minimum absolute atomic E-state index is 0.0445. The summed E-state index contributed by atoms with van der Waals surface area (Å²) in [5, 5.41) is 0. The van der Waals surface area contributed by atoms with Crippen LogP contribution in [0.5, 0.6) is 0 Å². The highest BCUT2D eigenvalue weighted by atomic mass is 31.2. The van der Waals surface area contributed by atoms with Gasteiger partial charge in [-0.15, -0.1) is 0 Å². The molecule has 0 amide bonds. The van der Waals surface area contributed by atoms with Crippen LogP contribution >= 0.6 is 7.60 Å². The van der Waals surface area contributed by atoms with E-state index in [2.05, 4.69) is 0 Å². The summed E-state index contributed by atoms with van der Waals surface area (Å²) in [6.45, 7) is 4.97. The van der Waals surface area contributed by atoms with E-state index in [9.17, 15) is 14.2 Å². The predicted octanol–water partition coefficient (Wildman–Crippen LogP) is 3.47. The third-order valence-corrected chi connectivity index (χ3v) is 5.29. The highest BCUT2D eigenvalue weighted by molar-refractivity contribution is 7.57. The van der Waals surface area contributed by atoms with Gasteiger partial charge in [0.2, 0.25) is 5.66 Å². The monoisotopic (exact) mass is 354 g/mol. The molecule has 0 radical (unpaired) electrons. The Morgan fingerprint density at radius 1 is 1.04 bits per heavy atom. The number of rotatable bonds is 10. The summed E-state index contributed by atoms with van der Waals surface area (Å²) in [6, 6.07) is 9.08. The lowest BCUT2D eigenvalue weighted by Crippen LogP contribution is -2.32. The van der Waals surface area contributed by atoms with Crippen LogP contribution in [0.2, 0.25) is 0 Å². The standard InChI is InChI=1S/C17H23O6P/c1-4-21-17(19)16(24(20,22-5-2)23-6-3)15(18)13-12-14-10-8-7-9-11-14/h7-13,16H,4-6H2,1-3H3/b13-12+. The maximum atomic E-state index is 12.9. The maximum Gasteiger partial charge on any atom is 0.352 e. The lowest BCUT2D eigenvalue weighted by Gasteiger charge is -2.23. The van der Waals surface area contributed by atoms with Gasteiger partial charge in [0, 0.05) is 0 Å². The minimum Gasteiger partial charge on any atom is -0.465 e. The van der Waals surface area contributed by atoms with E-state index in [1.54, 1.807) is 32.9 Å². The molecular weight excluding hydrogens is 331 g/mol. The first-order chi connectivity index (χ1) is 11.5. The van der Waals surface area contributed by atoms with Gasteiger partial charge in [0.15, 0.2) is 5.78 Å². The summed E-state index contributed by atoms with van der Waals surface area (Å²) in [6.07, 6.45) is 2.73. The molecule has 0 saturated heterocycles. The first kappa shape index (κ1) is 20.3. The molecule has 1 aromatic rings. The topological polar surface area (TPSA) is 78.9 Å². The van der Waals surface area contributed by atoms with Gasteiger partial charge in [0.05, 0.1) is 19.8 Å². The van der Waals surface area contributed by atoms with Crippen molar-refractivity contribution in [2.24, 2.45) is 0 Å². The average Bonchev–Trinajstić information content (AvgIpc) is 2.54. The Hall–Kier alpha value is -1.75. The Balaban J connectivity index is 3.12. The number of ketones is 1. The Labute approximate surface area is 142 Å². The van der Waals surface area contributed by atoms with Crippen molar-refractivity contribution < 1.29 is 27.9 Å². The Morgan fingerprint density at radius 3 is 2.12 bits per heavy atom. The van der Waals surface area contributed by atoms with Gasteiger partial charge in [0.25, 0.3) is 0 Å². The summed E-state index contributed by atoms with van der Waals surface area (Å²) >= 11 is 0. The molecular formula is C17H23O6P. The number of esters is 1. The number of carbonyl (C=O) groups is 2. The molecule has 132 valence electrons. The van der Waals surface area contributed by atoms with E-state index in [0.717, 1.165) is 5.56 Å². The highest BCUT2D eigenvalue weighted by Crippen LogP contribution is 2.53. The number of hydrogen-bond donors (Lipinski definition) is 0. The first-order valence-corrected chi connectivity index (χ1v) is 9.42. The van der Waals surface area contributed by atoms with Crippen LogP contribution in [-0.2, 0) is 27.9 Å². The van der Waals surface area contributed by atoms with Gasteiger partial charge in [-0.2, -0.15) is 0 Å². The first-order valence-electron chi connectivity index (χ1n) is 7.80. The quantitative estimate of drug-likeness (QED) is 0.277. The lowest BCUT2D eigenvalue weighted by atomic mass is 10.2. The molecule has 0 aliphatic rings. The zero-order valence-electron chi connectivity index (χ0n) is 14.1. The van der Waals surface area contributed by atoms with Crippen LogP contribution in [0.1, 0.15) is 26.3 Å². The van der Waals surface area contributed by atoms with Gasteiger partial charge in [-0.3, -0.25) is 14.2 Å². The Kier molecular flexibility index (Phi) is 8.61. The molecule has 0 aliphatic carbocycles. The van der Waals surface area contributed by atoms with E-state index in [4.69, 9.17) is 13.8 Å². The summed E-state index contributed by atoms with van der Waals surface area (Å²) < 4.78 is 28.1. The van der Waals surface area contributed by atoms with Crippen LogP contribution in [0.25, 0.3) is 6.08 Å². The fourth-order valence-electron chi connectivity index (χ4n) is 2.00. The van der Waals surface area contributed by atoms with Gasteiger partial charge in [-0.05, 0) is 32.4 Å². The third kappa shape index (κ3) is 5.71. The van der Waals surface area contributed by atoms with Gasteiger partial charge < -0.3 is 13.8 Å². The molecule has 0 bridgehead atoms. The molecule has 1 atom stereocenters. The van der Waals surface area contributed by atoms with Crippen molar-refractivity contribution in [1.82, 2.24) is 0 Å². The molecule has 0 heterocycles. The lowest BCUT2D eigenvalue weighted by molar-refractivity contribution is -0.144. The van der Waals surface area contributed by atoms with E-state index in [0.29, 0.717) is 0 Å². The predicted molar refractivity (Wildman–Crippen MR) is 91.8 cm³/mol. The highest BCUT2D eigenvalue weighted by Gasteiger charge is 2.46. The minimum atomic E-state index is -3.97. The molecule has 0 saturated carbocycles. The zero-order chi connectivity index (χ0) is 18.0. The Bertz CT molecular complexity index is 601. The molecule has 1 rings (SSSR count). The number of carbonyl (C=O) groups excluding carboxylic acids is 2. The van der Waals surface area contributed by atoms with Crippen molar-refractivity contribution in [2.75, 3.05) is 19.8 Å². The van der Waals surface area contributed by atoms with Crippen molar-refractivity contribution in [3.8, 4) is 0 Å². The van der Waals surface area contributed by atoms with Crippen LogP contribution in [0, 0.1) is 0 Å². The molecule has 0 aromatic heterocycles. The van der Waals surface area contributed by atoms with Gasteiger partial charge in [0.1, 0.15) is 0 Å². The summed E-state index contributed by atoms with van der Waals surface area (Å²) in [7, 11) is -3.97. The smallest absolute Gasteiger partial charge is 0.352 e. The summed E-state index contributed by atoms with van der Waals surface area (Å²) in [5.74, 6) is -1.59. The molecule has 1 unspecified atom stereocenters. The SMILES string of the molecule is CCOC(=O)C(C(=O)/C=C/c1ccccc1)P(=O)(OCC)OCC. The van der Waals surface area contributed by atoms with Crippen LogP contribution in [0.15, 0.2) is 36.4 Å². The fraction of sp³-hybridized carbons (Fsp3) is 0.412. The number of hydrogen-bond acceptors (Lipinski definition) is 6. The number of allylic oxidation sites excluding steroid dienone is 1. The second kappa shape index (κ2) is 10.2. The van der Waals surface area contributed by atoms with Crippen LogP contribution in [0.4, 0.5) is 0 Å². The van der Waals surface area contributed by atoms with E-state index in [1.165, 1.54) is 12.2 Å². The van der Waals surface area contributed by atoms with E-state index in [1.807, 2.05) is 18.2 Å². The number of ether oxygens (including phenoxy) is 1. The van der Waals surface area contributed by atoms with Crippen LogP contribution < -0.4 is 0 Å². The van der Waals surface area contributed by atoms with Crippen LogP contribution in [0.3, 0.4) is 0 Å². The van der Waals surface area contributed by atoms with Crippen molar-refractivity contribution >= 4 is 25.4 Å². The maximum absolute atomic E-state index is 12.9. The summed E-state index contributed by atoms with van der Waals surface area (Å²) in [4.78, 5) is 24.7. The normalized spacial score (nSPS) is 13.0. The zero-order valence-corrected chi connectivity index (χ0v) is 15.0. The second-order valence-electron chi connectivity index (χ2n) is 4.68. The second-order valence-corrected chi connectivity index (χ2v) is 6.79. The largest absolute Gasteiger partial charge is 0.465 e. The summed E-state index contributed by atoms with van der Waals surface area (Å²) in [5.41, 5.74) is -0.853. The molecule has 0 spiro atoms. The average molecular weight is 354 g/mol. The van der Waals surface area contributed by atoms with E-state index in [-0.39, 0.29) is 19.8 Å². The van der Waals surface area contributed by atoms with Crippen molar-refractivity contribution in [3.05, 3.63) is 42.0 Å². The van der Waals surface area contributed by atoms with Gasteiger partial charge in [-0.1, -0.05) is 36.4 Å². The van der Waals surface area contributed by atoms with Gasteiger partial charge >= 0.3 is 13.6 Å². The van der Waals surface area contributed by atoms with Gasteiger partial charge in [-0.25, -0.2) is 0 Å². The Morgan fingerprint density at radius 2 is 1.62 bits per heavy atom. The molecule has 0 fully saturated rings. The molecule has 0 N–H and O–H groups in total. The van der Waals surface area contributed by atoms with Crippen molar-refractivity contribution in [1.29, 1.82) is 0 Å². The van der Waals surface area contributed by atoms with Crippen molar-refractivity contribution in [2.45, 2.75) is 26.4 Å². The van der Waals surface area contributed by atoms with Crippen LogP contribution in [-0.4, -0.2) is 37.2 Å². The molecule has 1 aromatic carbocycles. The molecule has 24 heavy (non-hydrogen) atoms. The molecule has 6 nitrogen and oxygen atoms in total. The fourth-order valence-corrected chi connectivity index (χ4v) is 3.83. The third-order valence-electron chi connectivity index (χ3n) is 2.95.